The third kappa shape index (κ3) is 1.50. The van der Waals surface area contributed by atoms with Crippen LogP contribution in [0.4, 0.5) is 0 Å². The molecule has 2 atom stereocenters. The van der Waals surface area contributed by atoms with Crippen molar-refractivity contribution in [3.63, 3.8) is 0 Å². The Morgan fingerprint density at radius 2 is 2.30 bits per heavy atom. The monoisotopic (exact) mass is 143 g/mol. The molecule has 0 radical (unpaired) electrons. The molecule has 0 spiro atoms. The Hall–Kier alpha value is -0.0800. The fourth-order valence-corrected chi connectivity index (χ4v) is 1.66. The highest BCUT2D eigenvalue weighted by Crippen LogP contribution is 2.14. The van der Waals surface area contributed by atoms with Crippen LogP contribution in [0.15, 0.2) is 0 Å². The molecule has 1 heterocycles. The van der Waals surface area contributed by atoms with Gasteiger partial charge in [0, 0.05) is 12.6 Å². The fourth-order valence-electron chi connectivity index (χ4n) is 1.66. The summed E-state index contributed by atoms with van der Waals surface area (Å²) in [7, 11) is 2.17. The van der Waals surface area contributed by atoms with Crippen LogP contribution in [0.2, 0.25) is 0 Å². The van der Waals surface area contributed by atoms with Gasteiger partial charge in [0.05, 0.1) is 12.7 Å². The van der Waals surface area contributed by atoms with E-state index in [0.717, 1.165) is 13.2 Å². The Labute approximate surface area is 63.2 Å². The Morgan fingerprint density at radius 1 is 1.60 bits per heavy atom. The van der Waals surface area contributed by atoms with Crippen LogP contribution in [0.3, 0.4) is 0 Å². The first kappa shape index (κ1) is 8.02. The first-order valence-corrected chi connectivity index (χ1v) is 4.07. The van der Waals surface area contributed by atoms with Crippen molar-refractivity contribution in [2.24, 2.45) is 0 Å². The van der Waals surface area contributed by atoms with Crippen molar-refractivity contribution in [1.29, 1.82) is 0 Å². The quantitative estimate of drug-likeness (QED) is 0.545. The van der Waals surface area contributed by atoms with Crippen LogP contribution in [-0.2, 0) is 4.74 Å². The van der Waals surface area contributed by atoms with Crippen molar-refractivity contribution in [1.82, 2.24) is 4.90 Å². The van der Waals surface area contributed by atoms with Gasteiger partial charge >= 0.3 is 0 Å². The molecule has 0 N–H and O–H groups in total. The zero-order valence-corrected chi connectivity index (χ0v) is 7.13. The van der Waals surface area contributed by atoms with E-state index in [1.165, 1.54) is 6.42 Å². The number of ether oxygens (including phenoxy) is 1. The number of morpholine rings is 1. The summed E-state index contributed by atoms with van der Waals surface area (Å²) in [5, 5.41) is 0. The first-order chi connectivity index (χ1) is 4.75. The standard InChI is InChI=1S/C8H17NO/c1-4-8-7(2)10-6-5-9(8)3/h7-8H,4-6H2,1-3H3/t7?,8-/m1/s1. The molecule has 1 fully saturated rings. The molecule has 0 aliphatic carbocycles. The number of likely N-dealkylation sites (N-methyl/N-ethyl adjacent to an activating group) is 1. The maximum atomic E-state index is 5.51. The lowest BCUT2D eigenvalue weighted by Gasteiger charge is -2.36. The number of hydrogen-bond donors (Lipinski definition) is 0. The fraction of sp³-hybridized carbons (Fsp3) is 1.00. The maximum Gasteiger partial charge on any atom is 0.0702 e. The number of nitrogens with zero attached hydrogens (tertiary/aromatic N) is 1. The SMILES string of the molecule is CC[C@@H]1C(C)OCCN1C. The Balaban J connectivity index is 2.45. The smallest absolute Gasteiger partial charge is 0.0702 e. The molecule has 60 valence electrons. The second-order valence-electron chi connectivity index (χ2n) is 3.03. The maximum absolute atomic E-state index is 5.51. The van der Waals surface area contributed by atoms with Crippen LogP contribution in [0.1, 0.15) is 20.3 Å². The second kappa shape index (κ2) is 3.35. The zero-order chi connectivity index (χ0) is 7.56. The van der Waals surface area contributed by atoms with Gasteiger partial charge in [-0.2, -0.15) is 0 Å². The molecule has 2 nitrogen and oxygen atoms in total. The van der Waals surface area contributed by atoms with E-state index in [9.17, 15) is 0 Å². The van der Waals surface area contributed by atoms with E-state index < -0.39 is 0 Å². The van der Waals surface area contributed by atoms with Crippen LogP contribution in [-0.4, -0.2) is 37.2 Å². The van der Waals surface area contributed by atoms with Gasteiger partial charge in [0.2, 0.25) is 0 Å². The van der Waals surface area contributed by atoms with Gasteiger partial charge < -0.3 is 4.74 Å². The summed E-state index contributed by atoms with van der Waals surface area (Å²) in [4.78, 5) is 2.38. The molecule has 1 unspecified atom stereocenters. The van der Waals surface area contributed by atoms with Gasteiger partial charge in [0.25, 0.3) is 0 Å². The van der Waals surface area contributed by atoms with Crippen LogP contribution < -0.4 is 0 Å². The number of hydrogen-bond acceptors (Lipinski definition) is 2. The molecule has 0 aromatic rings. The van der Waals surface area contributed by atoms with Crippen molar-refractivity contribution in [2.45, 2.75) is 32.4 Å². The molecule has 0 aromatic heterocycles. The minimum atomic E-state index is 0.420. The van der Waals surface area contributed by atoms with E-state index in [1.807, 2.05) is 0 Å². The van der Waals surface area contributed by atoms with Gasteiger partial charge in [-0.05, 0) is 20.4 Å². The van der Waals surface area contributed by atoms with E-state index in [2.05, 4.69) is 25.8 Å². The summed E-state index contributed by atoms with van der Waals surface area (Å²) < 4.78 is 5.51. The van der Waals surface area contributed by atoms with Crippen molar-refractivity contribution in [3.8, 4) is 0 Å². The summed E-state index contributed by atoms with van der Waals surface area (Å²) in [5.41, 5.74) is 0. The summed E-state index contributed by atoms with van der Waals surface area (Å²) in [6.45, 7) is 6.35. The minimum absolute atomic E-state index is 0.420. The second-order valence-corrected chi connectivity index (χ2v) is 3.03. The van der Waals surface area contributed by atoms with E-state index in [4.69, 9.17) is 4.74 Å². The minimum Gasteiger partial charge on any atom is -0.376 e. The predicted octanol–water partition coefficient (Wildman–Crippen LogP) is 1.12. The molecule has 0 bridgehead atoms. The molecule has 0 amide bonds. The van der Waals surface area contributed by atoms with Gasteiger partial charge in [-0.15, -0.1) is 0 Å². The third-order valence-corrected chi connectivity index (χ3v) is 2.35. The normalized spacial score (nSPS) is 36.3. The van der Waals surface area contributed by atoms with Crippen molar-refractivity contribution in [3.05, 3.63) is 0 Å². The van der Waals surface area contributed by atoms with Gasteiger partial charge in [-0.3, -0.25) is 4.90 Å². The molecule has 1 aliphatic heterocycles. The summed E-state index contributed by atoms with van der Waals surface area (Å²) in [5.74, 6) is 0. The molecular weight excluding hydrogens is 126 g/mol. The summed E-state index contributed by atoms with van der Waals surface area (Å²) in [6.07, 6.45) is 1.61. The molecule has 0 aromatic carbocycles. The van der Waals surface area contributed by atoms with Crippen LogP contribution in [0.25, 0.3) is 0 Å². The Kier molecular flexibility index (Phi) is 2.69. The molecule has 2 heteroatoms. The van der Waals surface area contributed by atoms with Crippen LogP contribution in [0, 0.1) is 0 Å². The lowest BCUT2D eigenvalue weighted by molar-refractivity contribution is -0.0523. The average Bonchev–Trinajstić information content (AvgIpc) is 1.88. The van der Waals surface area contributed by atoms with Crippen molar-refractivity contribution in [2.75, 3.05) is 20.2 Å². The average molecular weight is 143 g/mol. The van der Waals surface area contributed by atoms with E-state index in [1.54, 1.807) is 0 Å². The van der Waals surface area contributed by atoms with Crippen molar-refractivity contribution < 1.29 is 4.74 Å². The van der Waals surface area contributed by atoms with Crippen molar-refractivity contribution >= 4 is 0 Å². The van der Waals surface area contributed by atoms with Gasteiger partial charge in [0.1, 0.15) is 0 Å². The molecule has 0 saturated carbocycles. The Bertz CT molecular complexity index is 95.4. The molecule has 1 aliphatic rings. The van der Waals surface area contributed by atoms with Gasteiger partial charge in [-0.1, -0.05) is 6.92 Å². The van der Waals surface area contributed by atoms with E-state index in [0.29, 0.717) is 12.1 Å². The predicted molar refractivity (Wildman–Crippen MR) is 42.1 cm³/mol. The largest absolute Gasteiger partial charge is 0.376 e. The van der Waals surface area contributed by atoms with Crippen LogP contribution in [0.5, 0.6) is 0 Å². The van der Waals surface area contributed by atoms with E-state index in [-0.39, 0.29) is 0 Å². The lowest BCUT2D eigenvalue weighted by atomic mass is 10.1. The molecule has 10 heavy (non-hydrogen) atoms. The highest BCUT2D eigenvalue weighted by molar-refractivity contribution is 4.77. The van der Waals surface area contributed by atoms with Gasteiger partial charge in [-0.25, -0.2) is 0 Å². The first-order valence-electron chi connectivity index (χ1n) is 4.07. The van der Waals surface area contributed by atoms with Gasteiger partial charge in [0.15, 0.2) is 0 Å². The van der Waals surface area contributed by atoms with Crippen LogP contribution >= 0.6 is 0 Å². The third-order valence-electron chi connectivity index (χ3n) is 2.35. The highest BCUT2D eigenvalue weighted by atomic mass is 16.5. The molecular formula is C8H17NO. The summed E-state index contributed by atoms with van der Waals surface area (Å²) >= 11 is 0. The van der Waals surface area contributed by atoms with E-state index >= 15 is 0 Å². The topological polar surface area (TPSA) is 12.5 Å². The highest BCUT2D eigenvalue weighted by Gasteiger charge is 2.24. The Morgan fingerprint density at radius 3 is 2.70 bits per heavy atom. The summed E-state index contributed by atoms with van der Waals surface area (Å²) in [6, 6.07) is 0.633. The number of rotatable bonds is 1. The zero-order valence-electron chi connectivity index (χ0n) is 7.13. The lowest BCUT2D eigenvalue weighted by Crippen LogP contribution is -2.47. The molecule has 1 rings (SSSR count). The molecule has 1 saturated heterocycles.